The van der Waals surface area contributed by atoms with Crippen molar-refractivity contribution in [2.45, 2.75) is 13.5 Å². The lowest BCUT2D eigenvalue weighted by Gasteiger charge is -2.08. The molecule has 114 valence electrons. The number of carbonyl (C=O) groups excluding carboxylic acids is 1. The van der Waals surface area contributed by atoms with E-state index in [0.717, 1.165) is 0 Å². The lowest BCUT2D eigenvalue weighted by molar-refractivity contribution is 0.0945. The summed E-state index contributed by atoms with van der Waals surface area (Å²) in [6, 6.07) is 7.85. The Kier molecular flexibility index (Phi) is 5.19. The Morgan fingerprint density at radius 1 is 1.36 bits per heavy atom. The maximum absolute atomic E-state index is 13.5. The van der Waals surface area contributed by atoms with Crippen LogP contribution in [0.4, 0.5) is 10.2 Å². The molecule has 1 aromatic heterocycles. The van der Waals surface area contributed by atoms with Gasteiger partial charge in [-0.25, -0.2) is 14.4 Å². The Hall–Kier alpha value is -2.76. The first-order valence-corrected chi connectivity index (χ1v) is 6.82. The predicted octanol–water partition coefficient (Wildman–Crippen LogP) is 2.45. The van der Waals surface area contributed by atoms with Gasteiger partial charge in [-0.15, -0.1) is 6.58 Å². The second-order valence-corrected chi connectivity index (χ2v) is 4.63. The topological polar surface area (TPSA) is 66.9 Å². The summed E-state index contributed by atoms with van der Waals surface area (Å²) in [5, 5.41) is 5.65. The van der Waals surface area contributed by atoms with Crippen LogP contribution in [-0.2, 0) is 6.54 Å². The number of aryl methyl sites for hydroxylation is 1. The smallest absolute Gasteiger partial charge is 0.270 e. The Bertz CT molecular complexity index is 688. The van der Waals surface area contributed by atoms with Gasteiger partial charge < -0.3 is 10.6 Å². The molecule has 0 aliphatic rings. The zero-order chi connectivity index (χ0) is 15.9. The normalized spacial score (nSPS) is 10.1. The third kappa shape index (κ3) is 4.12. The molecule has 2 aromatic rings. The number of halogens is 1. The van der Waals surface area contributed by atoms with Gasteiger partial charge in [0.1, 0.15) is 23.2 Å². The number of anilines is 1. The monoisotopic (exact) mass is 300 g/mol. The first-order valence-electron chi connectivity index (χ1n) is 6.82. The summed E-state index contributed by atoms with van der Waals surface area (Å²) in [5.41, 5.74) is 0.655. The van der Waals surface area contributed by atoms with Crippen molar-refractivity contribution >= 4 is 11.7 Å². The number of benzene rings is 1. The van der Waals surface area contributed by atoms with Crippen LogP contribution in [0.5, 0.6) is 0 Å². The third-order valence-corrected chi connectivity index (χ3v) is 2.90. The zero-order valence-corrected chi connectivity index (χ0v) is 12.3. The van der Waals surface area contributed by atoms with Crippen LogP contribution in [0, 0.1) is 12.7 Å². The minimum atomic E-state index is -0.379. The standard InChI is InChI=1S/C16H17FN4O/c1-3-8-18-15-9-14(20-11(2)21-15)16(22)19-10-12-6-4-5-7-13(12)17/h3-7,9H,1,8,10H2,2H3,(H,19,22)(H,18,20,21). The van der Waals surface area contributed by atoms with E-state index in [1.54, 1.807) is 37.3 Å². The number of amides is 1. The quantitative estimate of drug-likeness (QED) is 0.804. The van der Waals surface area contributed by atoms with Crippen LogP contribution in [0.1, 0.15) is 21.9 Å². The van der Waals surface area contributed by atoms with Crippen LogP contribution in [0.25, 0.3) is 0 Å². The van der Waals surface area contributed by atoms with Crippen molar-refractivity contribution < 1.29 is 9.18 Å². The summed E-state index contributed by atoms with van der Waals surface area (Å²) < 4.78 is 13.5. The average Bonchev–Trinajstić information content (AvgIpc) is 2.51. The summed E-state index contributed by atoms with van der Waals surface area (Å²) in [5.74, 6) is 0.291. The van der Waals surface area contributed by atoms with Crippen LogP contribution in [0.15, 0.2) is 43.0 Å². The van der Waals surface area contributed by atoms with E-state index >= 15 is 0 Å². The van der Waals surface area contributed by atoms with Gasteiger partial charge in [0.15, 0.2) is 0 Å². The molecule has 22 heavy (non-hydrogen) atoms. The Morgan fingerprint density at radius 3 is 2.86 bits per heavy atom. The van der Waals surface area contributed by atoms with Crippen molar-refractivity contribution in [3.63, 3.8) is 0 Å². The minimum absolute atomic E-state index is 0.101. The molecule has 0 spiro atoms. The average molecular weight is 300 g/mol. The molecule has 1 aromatic carbocycles. The molecular formula is C16H17FN4O. The van der Waals surface area contributed by atoms with Crippen LogP contribution < -0.4 is 10.6 Å². The Morgan fingerprint density at radius 2 is 2.14 bits per heavy atom. The number of hydrogen-bond donors (Lipinski definition) is 2. The fourth-order valence-electron chi connectivity index (χ4n) is 1.86. The second kappa shape index (κ2) is 7.31. The Balaban J connectivity index is 2.07. The molecule has 0 bridgehead atoms. The van der Waals surface area contributed by atoms with E-state index in [1.165, 1.54) is 6.07 Å². The molecule has 1 amide bonds. The molecule has 0 aliphatic carbocycles. The molecule has 6 heteroatoms. The number of nitrogens with zero attached hydrogens (tertiary/aromatic N) is 2. The number of nitrogens with one attached hydrogen (secondary N) is 2. The molecule has 0 saturated carbocycles. The van der Waals surface area contributed by atoms with Crippen LogP contribution >= 0.6 is 0 Å². The molecule has 0 saturated heterocycles. The first-order chi connectivity index (χ1) is 10.6. The minimum Gasteiger partial charge on any atom is -0.366 e. The summed E-state index contributed by atoms with van der Waals surface area (Å²) in [4.78, 5) is 20.4. The number of carbonyl (C=O) groups is 1. The van der Waals surface area contributed by atoms with E-state index in [-0.39, 0.29) is 24.0 Å². The van der Waals surface area contributed by atoms with Gasteiger partial charge in [-0.3, -0.25) is 4.79 Å². The van der Waals surface area contributed by atoms with Gasteiger partial charge in [-0.05, 0) is 13.0 Å². The van der Waals surface area contributed by atoms with E-state index in [2.05, 4.69) is 27.2 Å². The van der Waals surface area contributed by atoms with Crippen molar-refractivity contribution in [3.05, 3.63) is 65.9 Å². The maximum Gasteiger partial charge on any atom is 0.270 e. The molecule has 0 fully saturated rings. The van der Waals surface area contributed by atoms with Crippen LogP contribution in [-0.4, -0.2) is 22.4 Å². The first kappa shape index (κ1) is 15.6. The van der Waals surface area contributed by atoms with Gasteiger partial charge in [0.05, 0.1) is 0 Å². The molecule has 2 rings (SSSR count). The summed E-state index contributed by atoms with van der Waals surface area (Å²) in [6.07, 6.45) is 1.69. The highest BCUT2D eigenvalue weighted by atomic mass is 19.1. The maximum atomic E-state index is 13.5. The SMILES string of the molecule is C=CCNc1cc(C(=O)NCc2ccccc2F)nc(C)n1. The van der Waals surface area contributed by atoms with Crippen molar-refractivity contribution in [2.75, 3.05) is 11.9 Å². The zero-order valence-electron chi connectivity index (χ0n) is 12.3. The summed E-state index contributed by atoms with van der Waals surface area (Å²) in [6.45, 7) is 5.94. The van der Waals surface area contributed by atoms with Gasteiger partial charge in [-0.1, -0.05) is 24.3 Å². The number of hydrogen-bond acceptors (Lipinski definition) is 4. The molecule has 1 heterocycles. The van der Waals surface area contributed by atoms with Gasteiger partial charge in [-0.2, -0.15) is 0 Å². The van der Waals surface area contributed by atoms with E-state index in [1.807, 2.05) is 0 Å². The van der Waals surface area contributed by atoms with Crippen molar-refractivity contribution in [1.29, 1.82) is 0 Å². The van der Waals surface area contributed by atoms with Crippen molar-refractivity contribution in [1.82, 2.24) is 15.3 Å². The lowest BCUT2D eigenvalue weighted by Crippen LogP contribution is -2.25. The third-order valence-electron chi connectivity index (χ3n) is 2.90. The highest BCUT2D eigenvalue weighted by Crippen LogP contribution is 2.08. The summed E-state index contributed by atoms with van der Waals surface area (Å²) in [7, 11) is 0. The fraction of sp³-hybridized carbons (Fsp3) is 0.188. The van der Waals surface area contributed by atoms with Gasteiger partial charge >= 0.3 is 0 Å². The molecule has 0 aliphatic heterocycles. The van der Waals surface area contributed by atoms with E-state index in [9.17, 15) is 9.18 Å². The van der Waals surface area contributed by atoms with Gasteiger partial charge in [0.25, 0.3) is 5.91 Å². The van der Waals surface area contributed by atoms with Gasteiger partial charge in [0.2, 0.25) is 0 Å². The molecule has 0 atom stereocenters. The number of rotatable bonds is 6. The van der Waals surface area contributed by atoms with Crippen LogP contribution in [0.2, 0.25) is 0 Å². The van der Waals surface area contributed by atoms with Crippen LogP contribution in [0.3, 0.4) is 0 Å². The Labute approximate surface area is 128 Å². The van der Waals surface area contributed by atoms with Crippen molar-refractivity contribution in [2.24, 2.45) is 0 Å². The molecule has 0 unspecified atom stereocenters. The second-order valence-electron chi connectivity index (χ2n) is 4.63. The van der Waals surface area contributed by atoms with Crippen molar-refractivity contribution in [3.8, 4) is 0 Å². The van der Waals surface area contributed by atoms with Gasteiger partial charge in [0, 0.05) is 24.7 Å². The molecule has 0 radical (unpaired) electrons. The highest BCUT2D eigenvalue weighted by Gasteiger charge is 2.11. The number of aromatic nitrogens is 2. The lowest BCUT2D eigenvalue weighted by atomic mass is 10.2. The molecule has 5 nitrogen and oxygen atoms in total. The fourth-order valence-corrected chi connectivity index (χ4v) is 1.86. The highest BCUT2D eigenvalue weighted by molar-refractivity contribution is 5.92. The van der Waals surface area contributed by atoms with E-state index < -0.39 is 0 Å². The van der Waals surface area contributed by atoms with E-state index in [0.29, 0.717) is 23.8 Å². The predicted molar refractivity (Wildman–Crippen MR) is 83.0 cm³/mol. The molecular weight excluding hydrogens is 283 g/mol. The summed E-state index contributed by atoms with van der Waals surface area (Å²) >= 11 is 0. The molecule has 2 N–H and O–H groups in total. The largest absolute Gasteiger partial charge is 0.366 e. The van der Waals surface area contributed by atoms with E-state index in [4.69, 9.17) is 0 Å².